The fraction of sp³-hybridized carbons (Fsp3) is 0.250. The van der Waals surface area contributed by atoms with Gasteiger partial charge in [-0.15, -0.1) is 0 Å². The van der Waals surface area contributed by atoms with Crippen molar-refractivity contribution in [2.75, 3.05) is 19.7 Å². The van der Waals surface area contributed by atoms with E-state index in [4.69, 9.17) is 4.74 Å². The minimum Gasteiger partial charge on any atom is -0.506 e. The second-order valence-corrected chi connectivity index (χ2v) is 8.16. The third-order valence-corrected chi connectivity index (χ3v) is 5.47. The number of pyridine rings is 1. The molecule has 7 heteroatoms. The molecule has 0 aliphatic heterocycles. The Labute approximate surface area is 204 Å². The highest BCUT2D eigenvalue weighted by molar-refractivity contribution is 5.87. The molecule has 7 nitrogen and oxygen atoms in total. The van der Waals surface area contributed by atoms with Crippen LogP contribution in [0.2, 0.25) is 0 Å². The van der Waals surface area contributed by atoms with E-state index >= 15 is 0 Å². The van der Waals surface area contributed by atoms with Crippen LogP contribution in [0, 0.1) is 6.92 Å². The van der Waals surface area contributed by atoms with Crippen LogP contribution in [0.15, 0.2) is 83.7 Å². The van der Waals surface area contributed by atoms with Crippen molar-refractivity contribution < 1.29 is 20.1 Å². The molecule has 5 N–H and O–H groups in total. The molecule has 0 fully saturated rings. The van der Waals surface area contributed by atoms with Gasteiger partial charge in [0, 0.05) is 18.0 Å². The van der Waals surface area contributed by atoms with E-state index in [1.54, 1.807) is 12.1 Å². The van der Waals surface area contributed by atoms with Gasteiger partial charge in [-0.25, -0.2) is 0 Å². The Bertz CT molecular complexity index is 1260. The van der Waals surface area contributed by atoms with Gasteiger partial charge in [-0.1, -0.05) is 61.0 Å². The molecule has 0 aliphatic carbocycles. The lowest BCUT2D eigenvalue weighted by molar-refractivity contribution is 0.108. The fourth-order valence-corrected chi connectivity index (χ4v) is 3.52. The number of nitrogens with one attached hydrogen (secondary N) is 2. The van der Waals surface area contributed by atoms with E-state index in [1.165, 1.54) is 17.7 Å². The van der Waals surface area contributed by atoms with Crippen LogP contribution in [0.5, 0.6) is 11.5 Å². The summed E-state index contributed by atoms with van der Waals surface area (Å²) in [5.41, 5.74) is 2.83. The van der Waals surface area contributed by atoms with Gasteiger partial charge in [-0.05, 0) is 48.9 Å². The second kappa shape index (κ2) is 12.7. The summed E-state index contributed by atoms with van der Waals surface area (Å²) in [6, 6.07) is 23.5. The number of phenols is 1. The van der Waals surface area contributed by atoms with E-state index in [-0.39, 0.29) is 17.9 Å². The maximum absolute atomic E-state index is 11.2. The summed E-state index contributed by atoms with van der Waals surface area (Å²) < 4.78 is 5.53. The van der Waals surface area contributed by atoms with Gasteiger partial charge < -0.3 is 30.4 Å². The molecule has 0 saturated heterocycles. The van der Waals surface area contributed by atoms with Gasteiger partial charge in [0.1, 0.15) is 24.2 Å². The number of phenolic OH excluding ortho intramolecular Hbond substituents is 1. The topological polar surface area (TPSA) is 115 Å². The first-order valence-corrected chi connectivity index (χ1v) is 11.5. The Morgan fingerprint density at radius 3 is 2.31 bits per heavy atom. The molecular weight excluding hydrogens is 444 g/mol. The standard InChI is InChI=1S/C15H16O2.C13H16N2O3/c1-12-7-9-14(10-8-12)17-11-15(16)13-5-3-2-4-6-13;1-2-14-7-11(17)8-3-5-10(16)13-9(8)4-6-12(18)15-13/h2-10,15-16H,11H2,1H3;3-6,11,14,16-17H,2,7H2,1H3,(H,15,18)/t15-;11-/m00/s1. The number of hydrogen-bond donors (Lipinski definition) is 5. The third-order valence-electron chi connectivity index (χ3n) is 5.47. The maximum Gasteiger partial charge on any atom is 0.248 e. The maximum atomic E-state index is 11.2. The lowest BCUT2D eigenvalue weighted by Gasteiger charge is -2.14. The van der Waals surface area contributed by atoms with Gasteiger partial charge in [0.25, 0.3) is 0 Å². The quantitative estimate of drug-likeness (QED) is 0.263. The molecule has 0 bridgehead atoms. The van der Waals surface area contributed by atoms with Crippen molar-refractivity contribution in [1.29, 1.82) is 0 Å². The average Bonchev–Trinajstić information content (AvgIpc) is 2.88. The van der Waals surface area contributed by atoms with Crippen LogP contribution in [0.25, 0.3) is 10.9 Å². The van der Waals surface area contributed by atoms with Crippen LogP contribution < -0.4 is 15.6 Å². The number of aryl methyl sites for hydroxylation is 1. The van der Waals surface area contributed by atoms with Gasteiger partial charge in [0.05, 0.1) is 11.6 Å². The highest BCUT2D eigenvalue weighted by Crippen LogP contribution is 2.28. The smallest absolute Gasteiger partial charge is 0.248 e. The number of benzene rings is 3. The molecular formula is C28H32N2O5. The summed E-state index contributed by atoms with van der Waals surface area (Å²) in [5, 5.41) is 33.4. The number of aromatic amines is 1. The molecule has 0 spiro atoms. The summed E-state index contributed by atoms with van der Waals surface area (Å²) in [5.74, 6) is 0.785. The zero-order valence-electron chi connectivity index (χ0n) is 19.9. The number of H-pyrrole nitrogens is 1. The largest absolute Gasteiger partial charge is 0.506 e. The summed E-state index contributed by atoms with van der Waals surface area (Å²) in [4.78, 5) is 13.8. The van der Waals surface area contributed by atoms with Crippen LogP contribution in [-0.2, 0) is 0 Å². The first-order chi connectivity index (χ1) is 16.9. The number of fused-ring (bicyclic) bond motifs is 1. The van der Waals surface area contributed by atoms with Crippen molar-refractivity contribution in [3.05, 3.63) is 106 Å². The Hall–Kier alpha value is -3.65. The molecule has 4 aromatic rings. The van der Waals surface area contributed by atoms with Crippen molar-refractivity contribution in [1.82, 2.24) is 10.3 Å². The Kier molecular flexibility index (Phi) is 9.43. The molecule has 1 heterocycles. The number of hydrogen-bond acceptors (Lipinski definition) is 6. The molecule has 0 amide bonds. The number of aromatic nitrogens is 1. The summed E-state index contributed by atoms with van der Waals surface area (Å²) in [7, 11) is 0. The van der Waals surface area contributed by atoms with E-state index in [2.05, 4.69) is 10.3 Å². The number of likely N-dealkylation sites (N-methyl/N-ethyl adjacent to an activating group) is 1. The van der Waals surface area contributed by atoms with Crippen LogP contribution in [0.1, 0.15) is 35.8 Å². The summed E-state index contributed by atoms with van der Waals surface area (Å²) in [6.07, 6.45) is -1.27. The molecule has 0 unspecified atom stereocenters. The minimum atomic E-state index is -0.682. The molecule has 4 rings (SSSR count). The van der Waals surface area contributed by atoms with Gasteiger partial charge in [-0.2, -0.15) is 0 Å². The molecule has 0 radical (unpaired) electrons. The molecule has 1 aromatic heterocycles. The molecule has 3 aromatic carbocycles. The van der Waals surface area contributed by atoms with E-state index in [9.17, 15) is 20.1 Å². The van der Waals surface area contributed by atoms with Crippen LogP contribution in [0.3, 0.4) is 0 Å². The van der Waals surface area contributed by atoms with Crippen LogP contribution >= 0.6 is 0 Å². The third kappa shape index (κ3) is 7.42. The lowest BCUT2D eigenvalue weighted by Crippen LogP contribution is -2.21. The highest BCUT2D eigenvalue weighted by atomic mass is 16.5. The number of aromatic hydroxyl groups is 1. The lowest BCUT2D eigenvalue weighted by atomic mass is 10.0. The number of aliphatic hydroxyl groups is 2. The van der Waals surface area contributed by atoms with Crippen molar-refractivity contribution >= 4 is 10.9 Å². The van der Waals surface area contributed by atoms with Crippen LogP contribution in [0.4, 0.5) is 0 Å². The first-order valence-electron chi connectivity index (χ1n) is 11.5. The second-order valence-electron chi connectivity index (χ2n) is 8.16. The van der Waals surface area contributed by atoms with Gasteiger partial charge in [-0.3, -0.25) is 4.79 Å². The summed E-state index contributed by atoms with van der Waals surface area (Å²) >= 11 is 0. The van der Waals surface area contributed by atoms with Crippen molar-refractivity contribution in [2.24, 2.45) is 0 Å². The predicted octanol–water partition coefficient (Wildman–Crippen LogP) is 3.98. The molecule has 0 saturated carbocycles. The number of aliphatic hydroxyl groups excluding tert-OH is 2. The first kappa shape index (κ1) is 26.0. The van der Waals surface area contributed by atoms with E-state index in [1.807, 2.05) is 68.4 Å². The SMILES string of the molecule is CCNC[C@H](O)c1ccc(O)c2[nH]c(=O)ccc12.Cc1ccc(OC[C@H](O)c2ccccc2)cc1. The average molecular weight is 477 g/mol. The fourth-order valence-electron chi connectivity index (χ4n) is 3.52. The van der Waals surface area contributed by atoms with E-state index in [0.29, 0.717) is 23.0 Å². The van der Waals surface area contributed by atoms with Gasteiger partial charge in [0.15, 0.2) is 0 Å². The zero-order chi connectivity index (χ0) is 25.2. The van der Waals surface area contributed by atoms with Gasteiger partial charge in [0.2, 0.25) is 5.56 Å². The zero-order valence-corrected chi connectivity index (χ0v) is 19.9. The molecule has 0 aliphatic rings. The Morgan fingerprint density at radius 2 is 1.63 bits per heavy atom. The molecule has 184 valence electrons. The predicted molar refractivity (Wildman–Crippen MR) is 138 cm³/mol. The summed E-state index contributed by atoms with van der Waals surface area (Å²) in [6.45, 7) is 5.45. The number of ether oxygens (including phenoxy) is 1. The minimum absolute atomic E-state index is 0.00195. The van der Waals surface area contributed by atoms with Crippen molar-refractivity contribution in [3.63, 3.8) is 0 Å². The number of rotatable bonds is 8. The Balaban J connectivity index is 0.000000196. The molecule has 35 heavy (non-hydrogen) atoms. The van der Waals surface area contributed by atoms with Gasteiger partial charge >= 0.3 is 0 Å². The van der Waals surface area contributed by atoms with Crippen molar-refractivity contribution in [2.45, 2.75) is 26.1 Å². The monoisotopic (exact) mass is 476 g/mol. The molecule has 2 atom stereocenters. The van der Waals surface area contributed by atoms with E-state index < -0.39 is 12.2 Å². The van der Waals surface area contributed by atoms with E-state index in [0.717, 1.165) is 17.9 Å². The van der Waals surface area contributed by atoms with Crippen molar-refractivity contribution in [3.8, 4) is 11.5 Å². The van der Waals surface area contributed by atoms with Crippen LogP contribution in [-0.4, -0.2) is 40.0 Å². The Morgan fingerprint density at radius 1 is 0.914 bits per heavy atom. The normalized spacial score (nSPS) is 12.5. The highest BCUT2D eigenvalue weighted by Gasteiger charge is 2.13.